The number of carbonyl (C=O) groups excluding carboxylic acids is 1. The number of amides is 1. The lowest BCUT2D eigenvalue weighted by Gasteiger charge is -2.37. The molecule has 1 aliphatic heterocycles. The van der Waals surface area contributed by atoms with Gasteiger partial charge in [-0.15, -0.1) is 0 Å². The number of aromatic nitrogens is 4. The van der Waals surface area contributed by atoms with E-state index in [9.17, 15) is 18.7 Å². The molecule has 1 fully saturated rings. The number of likely N-dealkylation sites (tertiary alicyclic amines) is 1. The van der Waals surface area contributed by atoms with Gasteiger partial charge < -0.3 is 14.4 Å². The molecule has 1 saturated heterocycles. The smallest absolute Gasteiger partial charge is 0.297 e. The topological polar surface area (TPSA) is 97.3 Å². The van der Waals surface area contributed by atoms with Gasteiger partial charge in [0.25, 0.3) is 12.3 Å². The molecule has 1 N–H and O–H groups in total. The van der Waals surface area contributed by atoms with Crippen molar-refractivity contribution in [3.63, 3.8) is 0 Å². The molecule has 0 aliphatic carbocycles. The van der Waals surface area contributed by atoms with Crippen LogP contribution in [0.1, 0.15) is 73.7 Å². The molecule has 1 aliphatic rings. The van der Waals surface area contributed by atoms with Crippen LogP contribution in [0.5, 0.6) is 0 Å². The number of hydrogen-bond donors (Lipinski definition) is 1. The number of oxazole rings is 1. The molecule has 4 rings (SSSR count). The SMILES string of the molecule is C[C@@H]1CC[C@@H](c2nc(C(C)(C)O)c(C(F)F)o2)CN1C(=O)c1ccccc1-n1nccn1. The first-order chi connectivity index (χ1) is 15.2. The summed E-state index contributed by atoms with van der Waals surface area (Å²) >= 11 is 0. The van der Waals surface area contributed by atoms with Gasteiger partial charge in [0.1, 0.15) is 11.3 Å². The van der Waals surface area contributed by atoms with Gasteiger partial charge in [0, 0.05) is 12.6 Å². The molecule has 0 spiro atoms. The molecule has 170 valence electrons. The molecule has 1 amide bonds. The van der Waals surface area contributed by atoms with E-state index in [0.717, 1.165) is 0 Å². The summed E-state index contributed by atoms with van der Waals surface area (Å²) < 4.78 is 32.4. The van der Waals surface area contributed by atoms with E-state index in [4.69, 9.17) is 4.42 Å². The summed E-state index contributed by atoms with van der Waals surface area (Å²) in [7, 11) is 0. The van der Waals surface area contributed by atoms with E-state index in [-0.39, 0.29) is 36.0 Å². The van der Waals surface area contributed by atoms with Crippen molar-refractivity contribution in [3.8, 4) is 5.69 Å². The van der Waals surface area contributed by atoms with Crippen molar-refractivity contribution in [1.29, 1.82) is 0 Å². The van der Waals surface area contributed by atoms with E-state index >= 15 is 0 Å². The van der Waals surface area contributed by atoms with Crippen LogP contribution in [-0.4, -0.2) is 48.5 Å². The second-order valence-electron chi connectivity index (χ2n) is 8.54. The Hall–Kier alpha value is -3.14. The summed E-state index contributed by atoms with van der Waals surface area (Å²) in [6.45, 7) is 4.99. The van der Waals surface area contributed by atoms with Crippen LogP contribution in [0.3, 0.4) is 0 Å². The standard InChI is InChI=1S/C22H25F2N5O3/c1-13-8-9-14(20-27-18(22(2,3)31)17(32-20)19(23)24)12-28(13)21(30)15-6-4-5-7-16(15)29-25-10-11-26-29/h4-7,10-11,13-14,19,31H,8-9,12H2,1-3H3/t13-,14-/m1/s1. The zero-order chi connectivity index (χ0) is 23.0. The van der Waals surface area contributed by atoms with Gasteiger partial charge in [0.15, 0.2) is 11.7 Å². The summed E-state index contributed by atoms with van der Waals surface area (Å²) in [6, 6.07) is 6.98. The molecule has 3 heterocycles. The predicted molar refractivity (Wildman–Crippen MR) is 111 cm³/mol. The van der Waals surface area contributed by atoms with Gasteiger partial charge in [0.2, 0.25) is 0 Å². The van der Waals surface area contributed by atoms with Gasteiger partial charge in [-0.1, -0.05) is 12.1 Å². The van der Waals surface area contributed by atoms with Crippen molar-refractivity contribution >= 4 is 5.91 Å². The fraction of sp³-hybridized carbons (Fsp3) is 0.455. The molecular weight excluding hydrogens is 420 g/mol. The van der Waals surface area contributed by atoms with E-state index in [1.165, 1.54) is 31.0 Å². The minimum atomic E-state index is -2.90. The predicted octanol–water partition coefficient (Wildman–Crippen LogP) is 3.83. The van der Waals surface area contributed by atoms with Gasteiger partial charge in [-0.3, -0.25) is 4.79 Å². The summed E-state index contributed by atoms with van der Waals surface area (Å²) in [5.41, 5.74) is -0.749. The third kappa shape index (κ3) is 4.14. The van der Waals surface area contributed by atoms with Crippen molar-refractivity contribution in [3.05, 3.63) is 59.6 Å². The van der Waals surface area contributed by atoms with Gasteiger partial charge in [-0.2, -0.15) is 15.0 Å². The average Bonchev–Trinajstić information content (AvgIpc) is 3.44. The van der Waals surface area contributed by atoms with E-state index in [1.54, 1.807) is 29.2 Å². The lowest BCUT2D eigenvalue weighted by Crippen LogP contribution is -2.45. The molecule has 0 bridgehead atoms. The van der Waals surface area contributed by atoms with E-state index in [2.05, 4.69) is 15.2 Å². The average molecular weight is 445 g/mol. The van der Waals surface area contributed by atoms with Crippen LogP contribution in [-0.2, 0) is 5.60 Å². The summed E-state index contributed by atoms with van der Waals surface area (Å²) in [5, 5.41) is 18.5. The van der Waals surface area contributed by atoms with Gasteiger partial charge in [0.05, 0.1) is 29.6 Å². The van der Waals surface area contributed by atoms with E-state index in [0.29, 0.717) is 24.1 Å². The molecule has 1 aromatic carbocycles. The first kappa shape index (κ1) is 22.1. The van der Waals surface area contributed by atoms with E-state index in [1.807, 2.05) is 6.92 Å². The normalized spacial score (nSPS) is 19.5. The zero-order valence-electron chi connectivity index (χ0n) is 18.1. The van der Waals surface area contributed by atoms with Crippen LogP contribution >= 0.6 is 0 Å². The highest BCUT2D eigenvalue weighted by Gasteiger charge is 2.37. The number of rotatable bonds is 5. The number of piperidine rings is 1. The van der Waals surface area contributed by atoms with Gasteiger partial charge in [-0.25, -0.2) is 13.8 Å². The van der Waals surface area contributed by atoms with Crippen molar-refractivity contribution in [1.82, 2.24) is 24.9 Å². The Labute approximate surface area is 183 Å². The first-order valence-corrected chi connectivity index (χ1v) is 10.4. The Kier molecular flexibility index (Phi) is 5.81. The highest BCUT2D eigenvalue weighted by molar-refractivity contribution is 5.98. The molecule has 0 radical (unpaired) electrons. The Balaban J connectivity index is 1.64. The molecular formula is C22H25F2N5O3. The van der Waals surface area contributed by atoms with Crippen molar-refractivity contribution < 1.29 is 23.1 Å². The number of aliphatic hydroxyl groups is 1. The van der Waals surface area contributed by atoms with Crippen LogP contribution in [0.2, 0.25) is 0 Å². The quantitative estimate of drug-likeness (QED) is 0.641. The van der Waals surface area contributed by atoms with Crippen LogP contribution in [0.4, 0.5) is 8.78 Å². The molecule has 2 atom stereocenters. The summed E-state index contributed by atoms with van der Waals surface area (Å²) in [4.78, 5) is 20.8. The fourth-order valence-corrected chi connectivity index (χ4v) is 4.03. The minimum absolute atomic E-state index is 0.0596. The molecule has 10 heteroatoms. The fourth-order valence-electron chi connectivity index (χ4n) is 4.03. The monoisotopic (exact) mass is 445 g/mol. The number of halogens is 2. The molecule has 3 aromatic rings. The van der Waals surface area contributed by atoms with Crippen molar-refractivity contribution in [2.75, 3.05) is 6.54 Å². The highest BCUT2D eigenvalue weighted by Crippen LogP contribution is 2.37. The van der Waals surface area contributed by atoms with Crippen LogP contribution in [0, 0.1) is 0 Å². The molecule has 8 nitrogen and oxygen atoms in total. The van der Waals surface area contributed by atoms with Gasteiger partial charge >= 0.3 is 0 Å². The van der Waals surface area contributed by atoms with Crippen LogP contribution < -0.4 is 0 Å². The molecule has 2 aromatic heterocycles. The maximum atomic E-state index is 13.5. The number of hydrogen-bond acceptors (Lipinski definition) is 6. The number of carbonyl (C=O) groups is 1. The number of para-hydroxylation sites is 1. The van der Waals surface area contributed by atoms with Gasteiger partial charge in [-0.05, 0) is 45.7 Å². The Morgan fingerprint density at radius 3 is 2.53 bits per heavy atom. The first-order valence-electron chi connectivity index (χ1n) is 10.4. The Morgan fingerprint density at radius 2 is 1.91 bits per heavy atom. The van der Waals surface area contributed by atoms with E-state index < -0.39 is 17.8 Å². The number of alkyl halides is 2. The third-order valence-electron chi connectivity index (χ3n) is 5.71. The summed E-state index contributed by atoms with van der Waals surface area (Å²) in [5.74, 6) is -1.08. The largest absolute Gasteiger partial charge is 0.439 e. The zero-order valence-corrected chi connectivity index (χ0v) is 18.1. The Morgan fingerprint density at radius 1 is 1.22 bits per heavy atom. The van der Waals surface area contributed by atoms with Crippen molar-refractivity contribution in [2.45, 2.75) is 57.6 Å². The minimum Gasteiger partial charge on any atom is -0.439 e. The number of benzene rings is 1. The Bertz CT molecular complexity index is 1090. The highest BCUT2D eigenvalue weighted by atomic mass is 19.3. The third-order valence-corrected chi connectivity index (χ3v) is 5.71. The van der Waals surface area contributed by atoms with Crippen LogP contribution in [0.25, 0.3) is 5.69 Å². The molecule has 0 unspecified atom stereocenters. The number of nitrogens with zero attached hydrogens (tertiary/aromatic N) is 5. The van der Waals surface area contributed by atoms with Crippen molar-refractivity contribution in [2.24, 2.45) is 0 Å². The lowest BCUT2D eigenvalue weighted by molar-refractivity contribution is 0.0581. The maximum absolute atomic E-state index is 13.5. The summed E-state index contributed by atoms with van der Waals surface area (Å²) in [6.07, 6.45) is 1.45. The van der Waals surface area contributed by atoms with Crippen LogP contribution in [0.15, 0.2) is 41.1 Å². The second kappa shape index (κ2) is 8.42. The second-order valence-corrected chi connectivity index (χ2v) is 8.54. The lowest BCUT2D eigenvalue weighted by atomic mass is 9.92. The molecule has 0 saturated carbocycles. The maximum Gasteiger partial charge on any atom is 0.297 e. The molecule has 32 heavy (non-hydrogen) atoms.